The van der Waals surface area contributed by atoms with Crippen molar-refractivity contribution in [1.29, 1.82) is 0 Å². The van der Waals surface area contributed by atoms with Crippen LogP contribution in [0.5, 0.6) is 0 Å². The summed E-state index contributed by atoms with van der Waals surface area (Å²) in [6.45, 7) is 4.26. The van der Waals surface area contributed by atoms with E-state index in [1.165, 1.54) is 4.90 Å². The van der Waals surface area contributed by atoms with Gasteiger partial charge in [0, 0.05) is 11.3 Å². The van der Waals surface area contributed by atoms with E-state index < -0.39 is 5.97 Å². The van der Waals surface area contributed by atoms with Gasteiger partial charge in [0.25, 0.3) is 5.91 Å². The van der Waals surface area contributed by atoms with Crippen molar-refractivity contribution in [2.24, 2.45) is 11.8 Å². The van der Waals surface area contributed by atoms with E-state index in [1.807, 2.05) is 19.9 Å². The molecule has 2 atom stereocenters. The SMILES string of the molecule is CCCOC(=O)c1ccc(NC(=O)c2ccc(N3C(=O)[C@H]4CC(C)=CC[C@H]4C3=O)cc2)cc1. The summed E-state index contributed by atoms with van der Waals surface area (Å²) in [6.07, 6.45) is 3.98. The van der Waals surface area contributed by atoms with Gasteiger partial charge in [-0.25, -0.2) is 4.79 Å². The number of amides is 3. The Balaban J connectivity index is 1.41. The van der Waals surface area contributed by atoms with Crippen LogP contribution < -0.4 is 10.2 Å². The van der Waals surface area contributed by atoms with Crippen molar-refractivity contribution in [1.82, 2.24) is 0 Å². The van der Waals surface area contributed by atoms with Crippen molar-refractivity contribution in [3.63, 3.8) is 0 Å². The second-order valence-corrected chi connectivity index (χ2v) is 8.43. The molecule has 2 aromatic rings. The largest absolute Gasteiger partial charge is 0.462 e. The summed E-state index contributed by atoms with van der Waals surface area (Å²) in [5.41, 5.74) is 2.95. The summed E-state index contributed by atoms with van der Waals surface area (Å²) in [7, 11) is 0. The van der Waals surface area contributed by atoms with Crippen molar-refractivity contribution in [3.05, 3.63) is 71.3 Å². The van der Waals surface area contributed by atoms with Crippen LogP contribution in [0.2, 0.25) is 0 Å². The van der Waals surface area contributed by atoms with E-state index in [2.05, 4.69) is 5.32 Å². The molecule has 33 heavy (non-hydrogen) atoms. The normalized spacial score (nSPS) is 19.7. The van der Waals surface area contributed by atoms with Crippen LogP contribution >= 0.6 is 0 Å². The van der Waals surface area contributed by atoms with E-state index in [-0.39, 0.29) is 29.6 Å². The highest BCUT2D eigenvalue weighted by molar-refractivity contribution is 6.22. The van der Waals surface area contributed by atoms with E-state index in [4.69, 9.17) is 4.74 Å². The van der Waals surface area contributed by atoms with Crippen LogP contribution in [0.1, 0.15) is 53.8 Å². The van der Waals surface area contributed by atoms with Gasteiger partial charge < -0.3 is 10.1 Å². The van der Waals surface area contributed by atoms with Crippen molar-refractivity contribution < 1.29 is 23.9 Å². The standard InChI is InChI=1S/C26H26N2O5/c1-3-14-33-26(32)18-5-9-19(10-6-18)27-23(29)17-7-11-20(12-8-17)28-24(30)21-13-4-16(2)15-22(21)25(28)31/h4-12,21-22H,3,13-15H2,1-2H3,(H,27,29)/t21-,22+/m1/s1. The predicted octanol–water partition coefficient (Wildman–Crippen LogP) is 4.35. The van der Waals surface area contributed by atoms with Crippen LogP contribution in [0.25, 0.3) is 0 Å². The summed E-state index contributed by atoms with van der Waals surface area (Å²) in [5, 5.41) is 2.77. The molecule has 0 bridgehead atoms. The van der Waals surface area contributed by atoms with Gasteiger partial charge in [-0.15, -0.1) is 0 Å². The third-order valence-electron chi connectivity index (χ3n) is 6.03. The Morgan fingerprint density at radius 3 is 2.27 bits per heavy atom. The Bertz CT molecular complexity index is 1120. The monoisotopic (exact) mass is 446 g/mol. The number of imide groups is 1. The van der Waals surface area contributed by atoms with Crippen LogP contribution in [-0.2, 0) is 14.3 Å². The van der Waals surface area contributed by atoms with Gasteiger partial charge in [-0.2, -0.15) is 0 Å². The highest BCUT2D eigenvalue weighted by Crippen LogP contribution is 2.39. The molecule has 1 N–H and O–H groups in total. The van der Waals surface area contributed by atoms with Crippen LogP contribution in [-0.4, -0.2) is 30.3 Å². The molecule has 0 saturated carbocycles. The molecule has 1 saturated heterocycles. The zero-order valence-corrected chi connectivity index (χ0v) is 18.7. The lowest BCUT2D eigenvalue weighted by Gasteiger charge is -2.18. The number of allylic oxidation sites excluding steroid dienone is 2. The molecule has 1 aliphatic heterocycles. The molecule has 2 aliphatic rings. The van der Waals surface area contributed by atoms with Crippen molar-refractivity contribution in [2.45, 2.75) is 33.1 Å². The first-order valence-electron chi connectivity index (χ1n) is 11.1. The van der Waals surface area contributed by atoms with Crippen LogP contribution in [0, 0.1) is 11.8 Å². The van der Waals surface area contributed by atoms with Gasteiger partial charge in [0.15, 0.2) is 0 Å². The van der Waals surface area contributed by atoms with Crippen LogP contribution in [0.3, 0.4) is 0 Å². The molecule has 3 amide bonds. The quantitative estimate of drug-likeness (QED) is 0.405. The number of anilines is 2. The average molecular weight is 447 g/mol. The van der Waals surface area contributed by atoms with E-state index in [9.17, 15) is 19.2 Å². The first kappa shape index (κ1) is 22.5. The number of esters is 1. The molecular weight excluding hydrogens is 420 g/mol. The number of rotatable bonds is 6. The average Bonchev–Trinajstić information content (AvgIpc) is 3.07. The third-order valence-corrected chi connectivity index (χ3v) is 6.03. The van der Waals surface area contributed by atoms with E-state index in [0.717, 1.165) is 12.0 Å². The number of carbonyl (C=O) groups is 4. The van der Waals surface area contributed by atoms with Gasteiger partial charge in [0.1, 0.15) is 0 Å². The molecule has 7 nitrogen and oxygen atoms in total. The number of ether oxygens (including phenoxy) is 1. The Morgan fingerprint density at radius 2 is 1.61 bits per heavy atom. The van der Waals surface area contributed by atoms with Crippen molar-refractivity contribution in [3.8, 4) is 0 Å². The lowest BCUT2D eigenvalue weighted by molar-refractivity contribution is -0.122. The minimum absolute atomic E-state index is 0.174. The van der Waals surface area contributed by atoms with Crippen molar-refractivity contribution in [2.75, 3.05) is 16.8 Å². The van der Waals surface area contributed by atoms with Gasteiger partial charge in [-0.1, -0.05) is 18.6 Å². The fourth-order valence-electron chi connectivity index (χ4n) is 4.22. The topological polar surface area (TPSA) is 92.8 Å². The summed E-state index contributed by atoms with van der Waals surface area (Å²) in [6, 6.07) is 12.9. The maximum Gasteiger partial charge on any atom is 0.338 e. The zero-order chi connectivity index (χ0) is 23.5. The van der Waals surface area contributed by atoms with Crippen LogP contribution in [0.15, 0.2) is 60.2 Å². The second-order valence-electron chi connectivity index (χ2n) is 8.43. The Morgan fingerprint density at radius 1 is 0.970 bits per heavy atom. The maximum atomic E-state index is 12.9. The molecule has 170 valence electrons. The van der Waals surface area contributed by atoms with Crippen LogP contribution in [0.4, 0.5) is 11.4 Å². The Labute approximate surface area is 192 Å². The summed E-state index contributed by atoms with van der Waals surface area (Å²) < 4.78 is 5.09. The number of carbonyl (C=O) groups excluding carboxylic acids is 4. The highest BCUT2D eigenvalue weighted by atomic mass is 16.5. The molecule has 1 fully saturated rings. The molecule has 4 rings (SSSR count). The molecule has 1 aliphatic carbocycles. The zero-order valence-electron chi connectivity index (χ0n) is 18.7. The molecule has 0 radical (unpaired) electrons. The number of benzene rings is 2. The van der Waals surface area contributed by atoms with E-state index >= 15 is 0 Å². The second kappa shape index (κ2) is 9.40. The number of nitrogens with zero attached hydrogens (tertiary/aromatic N) is 1. The molecule has 2 aromatic carbocycles. The number of nitrogens with one attached hydrogen (secondary N) is 1. The molecule has 0 unspecified atom stereocenters. The predicted molar refractivity (Wildman–Crippen MR) is 124 cm³/mol. The summed E-state index contributed by atoms with van der Waals surface area (Å²) >= 11 is 0. The third kappa shape index (κ3) is 4.58. The smallest absolute Gasteiger partial charge is 0.338 e. The Hall–Kier alpha value is -3.74. The first-order valence-corrected chi connectivity index (χ1v) is 11.1. The number of hydrogen-bond donors (Lipinski definition) is 1. The lowest BCUT2D eigenvalue weighted by atomic mass is 9.82. The maximum absolute atomic E-state index is 12.9. The molecule has 7 heteroatoms. The number of hydrogen-bond acceptors (Lipinski definition) is 5. The summed E-state index contributed by atoms with van der Waals surface area (Å²) in [5.74, 6) is -1.69. The van der Waals surface area contributed by atoms with E-state index in [1.54, 1.807) is 48.5 Å². The minimum atomic E-state index is -0.401. The van der Waals surface area contributed by atoms with E-state index in [0.29, 0.717) is 42.0 Å². The fraction of sp³-hybridized carbons (Fsp3) is 0.308. The molecular formula is C26H26N2O5. The van der Waals surface area contributed by atoms with Gasteiger partial charge >= 0.3 is 5.97 Å². The molecule has 0 aromatic heterocycles. The van der Waals surface area contributed by atoms with Crippen molar-refractivity contribution >= 4 is 35.1 Å². The lowest BCUT2D eigenvalue weighted by Crippen LogP contribution is -2.30. The van der Waals surface area contributed by atoms with Gasteiger partial charge in [0.2, 0.25) is 11.8 Å². The van der Waals surface area contributed by atoms with Gasteiger partial charge in [-0.05, 0) is 74.7 Å². The summed E-state index contributed by atoms with van der Waals surface area (Å²) in [4.78, 5) is 51.4. The van der Waals surface area contributed by atoms with Gasteiger partial charge in [-0.3, -0.25) is 19.3 Å². The molecule has 0 spiro atoms. The van der Waals surface area contributed by atoms with Gasteiger partial charge in [0.05, 0.1) is 29.7 Å². The number of fused-ring (bicyclic) bond motifs is 1. The highest BCUT2D eigenvalue weighted by Gasteiger charge is 2.48. The first-order chi connectivity index (χ1) is 15.9. The Kier molecular flexibility index (Phi) is 6.40. The minimum Gasteiger partial charge on any atom is -0.462 e. The molecule has 1 heterocycles. The fourth-order valence-corrected chi connectivity index (χ4v) is 4.22.